The molecule has 1 aromatic rings. The summed E-state index contributed by atoms with van der Waals surface area (Å²) in [4.78, 5) is 0. The summed E-state index contributed by atoms with van der Waals surface area (Å²) in [5.41, 5.74) is 6.75. The summed E-state index contributed by atoms with van der Waals surface area (Å²) in [7, 11) is 1.62. The Bertz CT molecular complexity index is 388. The smallest absolute Gasteiger partial charge is 0.123 e. The molecular weight excluding hydrogens is 205 g/mol. The van der Waals surface area contributed by atoms with Crippen molar-refractivity contribution in [1.29, 1.82) is 0 Å². The normalized spacial score (nSPS) is 19.2. The molecule has 0 saturated heterocycles. The van der Waals surface area contributed by atoms with E-state index >= 15 is 0 Å². The maximum atomic E-state index is 13.3. The third kappa shape index (κ3) is 1.69. The first-order valence-corrected chi connectivity index (χ1v) is 5.68. The van der Waals surface area contributed by atoms with Crippen LogP contribution in [0.2, 0.25) is 0 Å². The zero-order chi connectivity index (χ0) is 11.8. The standard InChI is InChI=1S/C13H18FNO/c1-9(8-15)13(5-6-13)11-7-10(14)3-4-12(11)16-2/h3-4,7,9H,5-6,8,15H2,1-2H3. The highest BCUT2D eigenvalue weighted by molar-refractivity contribution is 5.44. The maximum Gasteiger partial charge on any atom is 0.123 e. The third-order valence-electron chi connectivity index (χ3n) is 3.78. The molecule has 1 atom stereocenters. The largest absolute Gasteiger partial charge is 0.496 e. The lowest BCUT2D eigenvalue weighted by Crippen LogP contribution is -2.25. The Hall–Kier alpha value is -1.09. The summed E-state index contributed by atoms with van der Waals surface area (Å²) in [6.07, 6.45) is 2.15. The average Bonchev–Trinajstić information content (AvgIpc) is 3.09. The van der Waals surface area contributed by atoms with Crippen molar-refractivity contribution in [3.8, 4) is 5.75 Å². The molecule has 0 amide bonds. The van der Waals surface area contributed by atoms with Gasteiger partial charge < -0.3 is 10.5 Å². The van der Waals surface area contributed by atoms with Crippen LogP contribution in [0.1, 0.15) is 25.3 Å². The molecule has 88 valence electrons. The Balaban J connectivity index is 2.43. The average molecular weight is 223 g/mol. The molecule has 3 heteroatoms. The fourth-order valence-corrected chi connectivity index (χ4v) is 2.46. The quantitative estimate of drug-likeness (QED) is 0.851. The molecule has 0 bridgehead atoms. The SMILES string of the molecule is COc1ccc(F)cc1C1(C(C)CN)CC1. The molecule has 1 aliphatic carbocycles. The Morgan fingerprint density at radius 1 is 1.50 bits per heavy atom. The van der Waals surface area contributed by atoms with Crippen LogP contribution >= 0.6 is 0 Å². The van der Waals surface area contributed by atoms with Crippen molar-refractivity contribution < 1.29 is 9.13 Å². The van der Waals surface area contributed by atoms with Gasteiger partial charge in [0.25, 0.3) is 0 Å². The zero-order valence-electron chi connectivity index (χ0n) is 9.79. The van der Waals surface area contributed by atoms with E-state index in [9.17, 15) is 4.39 Å². The van der Waals surface area contributed by atoms with E-state index in [4.69, 9.17) is 10.5 Å². The van der Waals surface area contributed by atoms with Crippen molar-refractivity contribution >= 4 is 0 Å². The fraction of sp³-hybridized carbons (Fsp3) is 0.538. The number of methoxy groups -OCH3 is 1. The van der Waals surface area contributed by atoms with Crippen molar-refractivity contribution in [2.75, 3.05) is 13.7 Å². The van der Waals surface area contributed by atoms with Crippen molar-refractivity contribution in [3.63, 3.8) is 0 Å². The van der Waals surface area contributed by atoms with Crippen LogP contribution in [-0.2, 0) is 5.41 Å². The van der Waals surface area contributed by atoms with Gasteiger partial charge in [0, 0.05) is 11.0 Å². The number of hydrogen-bond acceptors (Lipinski definition) is 2. The highest BCUT2D eigenvalue weighted by Gasteiger charge is 2.49. The first-order chi connectivity index (χ1) is 7.64. The van der Waals surface area contributed by atoms with Gasteiger partial charge in [-0.15, -0.1) is 0 Å². The van der Waals surface area contributed by atoms with Crippen molar-refractivity contribution in [3.05, 3.63) is 29.6 Å². The first-order valence-electron chi connectivity index (χ1n) is 5.68. The van der Waals surface area contributed by atoms with Crippen LogP contribution in [-0.4, -0.2) is 13.7 Å². The fourth-order valence-electron chi connectivity index (χ4n) is 2.46. The second-order valence-corrected chi connectivity index (χ2v) is 4.64. The molecule has 0 aliphatic heterocycles. The van der Waals surface area contributed by atoms with E-state index in [1.54, 1.807) is 19.2 Å². The van der Waals surface area contributed by atoms with E-state index in [1.807, 2.05) is 0 Å². The molecule has 0 aromatic heterocycles. The lowest BCUT2D eigenvalue weighted by atomic mass is 9.83. The predicted molar refractivity (Wildman–Crippen MR) is 62.1 cm³/mol. The van der Waals surface area contributed by atoms with Crippen LogP contribution in [0, 0.1) is 11.7 Å². The van der Waals surface area contributed by atoms with E-state index in [2.05, 4.69) is 6.92 Å². The van der Waals surface area contributed by atoms with Crippen LogP contribution in [0.4, 0.5) is 4.39 Å². The minimum absolute atomic E-state index is 0.0438. The molecule has 1 fully saturated rings. The van der Waals surface area contributed by atoms with Gasteiger partial charge in [-0.25, -0.2) is 4.39 Å². The number of halogens is 1. The van der Waals surface area contributed by atoms with Crippen molar-refractivity contribution in [2.45, 2.75) is 25.2 Å². The van der Waals surface area contributed by atoms with Gasteiger partial charge in [-0.2, -0.15) is 0 Å². The van der Waals surface area contributed by atoms with Gasteiger partial charge in [-0.3, -0.25) is 0 Å². The van der Waals surface area contributed by atoms with Crippen LogP contribution in [0.5, 0.6) is 5.75 Å². The molecule has 1 saturated carbocycles. The highest BCUT2D eigenvalue weighted by Crippen LogP contribution is 2.56. The van der Waals surface area contributed by atoms with Gasteiger partial charge in [0.15, 0.2) is 0 Å². The summed E-state index contributed by atoms with van der Waals surface area (Å²) in [6.45, 7) is 2.75. The van der Waals surface area contributed by atoms with Gasteiger partial charge in [0.05, 0.1) is 7.11 Å². The van der Waals surface area contributed by atoms with E-state index in [1.165, 1.54) is 6.07 Å². The summed E-state index contributed by atoms with van der Waals surface area (Å²) in [5.74, 6) is 0.939. The van der Waals surface area contributed by atoms with Crippen molar-refractivity contribution in [2.24, 2.45) is 11.7 Å². The monoisotopic (exact) mass is 223 g/mol. The zero-order valence-corrected chi connectivity index (χ0v) is 9.79. The molecule has 0 spiro atoms. The molecule has 2 N–H and O–H groups in total. The number of hydrogen-bond donors (Lipinski definition) is 1. The predicted octanol–water partition coefficient (Wildman–Crippen LogP) is 2.46. The van der Waals surface area contributed by atoms with Gasteiger partial charge in [-0.1, -0.05) is 6.92 Å². The van der Waals surface area contributed by atoms with E-state index in [-0.39, 0.29) is 11.2 Å². The molecule has 1 aromatic carbocycles. The Morgan fingerprint density at radius 2 is 2.19 bits per heavy atom. The molecule has 16 heavy (non-hydrogen) atoms. The Labute approximate surface area is 95.6 Å². The van der Waals surface area contributed by atoms with E-state index in [0.29, 0.717) is 12.5 Å². The van der Waals surface area contributed by atoms with E-state index < -0.39 is 0 Å². The summed E-state index contributed by atoms with van der Waals surface area (Å²) < 4.78 is 18.6. The molecule has 0 heterocycles. The summed E-state index contributed by atoms with van der Waals surface area (Å²) >= 11 is 0. The van der Waals surface area contributed by atoms with Gasteiger partial charge in [-0.05, 0) is 43.5 Å². The topological polar surface area (TPSA) is 35.2 Å². The lowest BCUT2D eigenvalue weighted by Gasteiger charge is -2.24. The second kappa shape index (κ2) is 4.06. The Kier molecular flexibility index (Phi) is 2.89. The van der Waals surface area contributed by atoms with Gasteiger partial charge >= 0.3 is 0 Å². The number of rotatable bonds is 4. The molecular formula is C13H18FNO. The molecule has 2 rings (SSSR count). The number of nitrogens with two attached hydrogens (primary N) is 1. The lowest BCUT2D eigenvalue weighted by molar-refractivity contribution is 0.381. The molecule has 1 unspecified atom stereocenters. The highest BCUT2D eigenvalue weighted by atomic mass is 19.1. The minimum Gasteiger partial charge on any atom is -0.496 e. The van der Waals surface area contributed by atoms with Crippen LogP contribution in [0.25, 0.3) is 0 Å². The number of benzene rings is 1. The molecule has 0 radical (unpaired) electrons. The van der Waals surface area contributed by atoms with E-state index in [0.717, 1.165) is 24.2 Å². The molecule has 2 nitrogen and oxygen atoms in total. The van der Waals surface area contributed by atoms with Gasteiger partial charge in [0.2, 0.25) is 0 Å². The molecule has 1 aliphatic rings. The van der Waals surface area contributed by atoms with Crippen LogP contribution < -0.4 is 10.5 Å². The van der Waals surface area contributed by atoms with Crippen LogP contribution in [0.3, 0.4) is 0 Å². The summed E-state index contributed by atoms with van der Waals surface area (Å²) in [6, 6.07) is 4.73. The number of ether oxygens (including phenoxy) is 1. The maximum absolute atomic E-state index is 13.3. The summed E-state index contributed by atoms with van der Waals surface area (Å²) in [5, 5.41) is 0. The van der Waals surface area contributed by atoms with Crippen molar-refractivity contribution in [1.82, 2.24) is 0 Å². The first kappa shape index (κ1) is 11.4. The second-order valence-electron chi connectivity index (χ2n) is 4.64. The Morgan fingerprint density at radius 3 is 2.69 bits per heavy atom. The minimum atomic E-state index is -0.203. The van der Waals surface area contributed by atoms with Crippen LogP contribution in [0.15, 0.2) is 18.2 Å². The third-order valence-corrected chi connectivity index (χ3v) is 3.78. The van der Waals surface area contributed by atoms with Gasteiger partial charge in [0.1, 0.15) is 11.6 Å².